The lowest BCUT2D eigenvalue weighted by molar-refractivity contribution is -0.137. The summed E-state index contributed by atoms with van der Waals surface area (Å²) in [5, 5.41) is 2.87. The Morgan fingerprint density at radius 2 is 1.88 bits per heavy atom. The van der Waals surface area contributed by atoms with Gasteiger partial charge in [-0.25, -0.2) is 0 Å². The minimum atomic E-state index is -4.29. The summed E-state index contributed by atoms with van der Waals surface area (Å²) in [6.45, 7) is 0.456. The van der Waals surface area contributed by atoms with Crippen molar-refractivity contribution in [1.82, 2.24) is 5.32 Å². The zero-order chi connectivity index (χ0) is 11.8. The zero-order valence-corrected chi connectivity index (χ0v) is 8.25. The molecule has 86 valence electrons. The van der Waals surface area contributed by atoms with Gasteiger partial charge in [0.1, 0.15) is 0 Å². The lowest BCUT2D eigenvalue weighted by Crippen LogP contribution is -2.29. The first-order chi connectivity index (χ1) is 7.47. The number of nitrogens with one attached hydrogen (secondary N) is 1. The van der Waals surface area contributed by atoms with Gasteiger partial charge in [0.2, 0.25) is 0 Å². The molecule has 0 radical (unpaired) electrons. The number of benzene rings is 1. The molecule has 0 aromatic heterocycles. The van der Waals surface area contributed by atoms with E-state index in [0.29, 0.717) is 12.5 Å². The van der Waals surface area contributed by atoms with Crippen LogP contribution in [0.4, 0.5) is 13.2 Å². The Balaban J connectivity index is 2.15. The van der Waals surface area contributed by atoms with Crippen molar-refractivity contribution in [1.29, 1.82) is 0 Å². The Bertz CT molecular complexity index is 408. The monoisotopic (exact) mass is 229 g/mol. The minimum Gasteiger partial charge on any atom is -0.370 e. The van der Waals surface area contributed by atoms with E-state index < -0.39 is 11.7 Å². The summed E-state index contributed by atoms with van der Waals surface area (Å²) >= 11 is 0. The Kier molecular flexibility index (Phi) is 2.49. The third kappa shape index (κ3) is 2.10. The molecule has 6 heteroatoms. The molecule has 16 heavy (non-hydrogen) atoms. The van der Waals surface area contributed by atoms with E-state index in [1.807, 2.05) is 0 Å². The van der Waals surface area contributed by atoms with Crippen LogP contribution in [0.2, 0.25) is 0 Å². The van der Waals surface area contributed by atoms with Crippen molar-refractivity contribution >= 4 is 5.96 Å². The topological polar surface area (TPSA) is 50.4 Å². The molecule has 2 rings (SSSR count). The highest BCUT2D eigenvalue weighted by atomic mass is 19.4. The smallest absolute Gasteiger partial charge is 0.370 e. The van der Waals surface area contributed by atoms with E-state index in [0.717, 1.165) is 17.7 Å². The number of guanidine groups is 1. The van der Waals surface area contributed by atoms with E-state index >= 15 is 0 Å². The molecule has 1 aliphatic heterocycles. The number of hydrogen-bond acceptors (Lipinski definition) is 3. The van der Waals surface area contributed by atoms with E-state index in [-0.39, 0.29) is 6.04 Å². The average Bonchev–Trinajstić information content (AvgIpc) is 2.64. The largest absolute Gasteiger partial charge is 0.416 e. The molecule has 0 spiro atoms. The van der Waals surface area contributed by atoms with E-state index in [2.05, 4.69) is 10.3 Å². The first-order valence-electron chi connectivity index (χ1n) is 4.70. The lowest BCUT2D eigenvalue weighted by atomic mass is 10.1. The van der Waals surface area contributed by atoms with E-state index in [9.17, 15) is 13.2 Å². The van der Waals surface area contributed by atoms with E-state index in [4.69, 9.17) is 5.73 Å². The van der Waals surface area contributed by atoms with Crippen LogP contribution in [0.25, 0.3) is 0 Å². The molecule has 0 saturated carbocycles. The number of hydrogen-bond donors (Lipinski definition) is 2. The van der Waals surface area contributed by atoms with Gasteiger partial charge in [-0.1, -0.05) is 12.1 Å². The third-order valence-corrected chi connectivity index (χ3v) is 2.41. The molecule has 0 aliphatic carbocycles. The Hall–Kier alpha value is -1.72. The molecule has 1 aromatic rings. The lowest BCUT2D eigenvalue weighted by Gasteiger charge is -2.12. The number of alkyl halides is 3. The van der Waals surface area contributed by atoms with Crippen LogP contribution in [-0.2, 0) is 6.18 Å². The molecule has 0 bridgehead atoms. The summed E-state index contributed by atoms with van der Waals surface area (Å²) in [5.74, 6) is 0.324. The Morgan fingerprint density at radius 3 is 2.31 bits per heavy atom. The van der Waals surface area contributed by atoms with Crippen molar-refractivity contribution in [2.45, 2.75) is 12.2 Å². The number of halogens is 3. The van der Waals surface area contributed by atoms with Crippen molar-refractivity contribution in [3.63, 3.8) is 0 Å². The maximum absolute atomic E-state index is 12.3. The maximum Gasteiger partial charge on any atom is 0.416 e. The second-order valence-corrected chi connectivity index (χ2v) is 3.54. The van der Waals surface area contributed by atoms with Crippen LogP contribution in [0, 0.1) is 0 Å². The van der Waals surface area contributed by atoms with Gasteiger partial charge in [0, 0.05) is 0 Å². The Labute approximate surface area is 90.2 Å². The van der Waals surface area contributed by atoms with Gasteiger partial charge in [0.05, 0.1) is 18.2 Å². The predicted octanol–water partition coefficient (Wildman–Crippen LogP) is 1.66. The number of nitrogens with zero attached hydrogens (tertiary/aromatic N) is 1. The van der Waals surface area contributed by atoms with Crippen molar-refractivity contribution in [3.05, 3.63) is 35.4 Å². The highest BCUT2D eigenvalue weighted by molar-refractivity contribution is 5.80. The fourth-order valence-electron chi connectivity index (χ4n) is 1.55. The highest BCUT2D eigenvalue weighted by Crippen LogP contribution is 2.30. The van der Waals surface area contributed by atoms with Gasteiger partial charge in [-0.2, -0.15) is 13.2 Å². The number of rotatable bonds is 1. The summed E-state index contributed by atoms with van der Waals surface area (Å²) in [7, 11) is 0. The number of nitrogens with two attached hydrogens (primary N) is 1. The van der Waals surface area contributed by atoms with Crippen molar-refractivity contribution in [2.24, 2.45) is 10.7 Å². The molecule has 1 aliphatic rings. The maximum atomic E-state index is 12.3. The van der Waals surface area contributed by atoms with Gasteiger partial charge in [-0.3, -0.25) is 4.99 Å². The summed E-state index contributed by atoms with van der Waals surface area (Å²) in [6, 6.07) is 4.88. The highest BCUT2D eigenvalue weighted by Gasteiger charge is 2.30. The first-order valence-corrected chi connectivity index (χ1v) is 4.70. The van der Waals surface area contributed by atoms with Gasteiger partial charge in [-0.15, -0.1) is 0 Å². The average molecular weight is 229 g/mol. The molecular weight excluding hydrogens is 219 g/mol. The fraction of sp³-hybridized carbons (Fsp3) is 0.300. The molecule has 0 saturated heterocycles. The second-order valence-electron chi connectivity index (χ2n) is 3.54. The van der Waals surface area contributed by atoms with Crippen molar-refractivity contribution < 1.29 is 13.2 Å². The molecule has 1 heterocycles. The normalized spacial score (nSPS) is 20.4. The molecule has 3 nitrogen and oxygen atoms in total. The van der Waals surface area contributed by atoms with Crippen LogP contribution in [0.5, 0.6) is 0 Å². The van der Waals surface area contributed by atoms with Crippen LogP contribution in [-0.4, -0.2) is 12.5 Å². The quantitative estimate of drug-likeness (QED) is 0.769. The summed E-state index contributed by atoms with van der Waals surface area (Å²) in [6.07, 6.45) is -4.29. The SMILES string of the molecule is NC1=NCC(c2ccc(C(F)(F)F)cc2)N1. The molecule has 1 aromatic carbocycles. The summed E-state index contributed by atoms with van der Waals surface area (Å²) < 4.78 is 36.9. The molecule has 1 atom stereocenters. The van der Waals surface area contributed by atoms with Crippen LogP contribution in [0.15, 0.2) is 29.3 Å². The molecule has 1 unspecified atom stereocenters. The second kappa shape index (κ2) is 3.70. The molecule has 0 amide bonds. The van der Waals surface area contributed by atoms with Crippen LogP contribution < -0.4 is 11.1 Å². The number of aliphatic imine (C=N–C) groups is 1. The molecule has 3 N–H and O–H groups in total. The minimum absolute atomic E-state index is 0.123. The van der Waals surface area contributed by atoms with Gasteiger partial charge in [0.25, 0.3) is 0 Å². The van der Waals surface area contributed by atoms with Gasteiger partial charge >= 0.3 is 6.18 Å². The van der Waals surface area contributed by atoms with Crippen LogP contribution in [0.1, 0.15) is 17.2 Å². The standard InChI is InChI=1S/C10H10F3N3/c11-10(12,13)7-3-1-6(2-4-7)8-5-15-9(14)16-8/h1-4,8H,5H2,(H3,14,15,16). The fourth-order valence-corrected chi connectivity index (χ4v) is 1.55. The van der Waals surface area contributed by atoms with Crippen LogP contribution in [0.3, 0.4) is 0 Å². The predicted molar refractivity (Wildman–Crippen MR) is 53.8 cm³/mol. The summed E-state index contributed by atoms with van der Waals surface area (Å²) in [5.41, 5.74) is 5.52. The van der Waals surface area contributed by atoms with Crippen molar-refractivity contribution in [3.8, 4) is 0 Å². The van der Waals surface area contributed by atoms with Crippen molar-refractivity contribution in [2.75, 3.05) is 6.54 Å². The van der Waals surface area contributed by atoms with Gasteiger partial charge < -0.3 is 11.1 Å². The van der Waals surface area contributed by atoms with E-state index in [1.165, 1.54) is 12.1 Å². The van der Waals surface area contributed by atoms with E-state index in [1.54, 1.807) is 0 Å². The Morgan fingerprint density at radius 1 is 1.25 bits per heavy atom. The van der Waals surface area contributed by atoms with Crippen LogP contribution >= 0.6 is 0 Å². The molecule has 0 fully saturated rings. The van der Waals surface area contributed by atoms with Gasteiger partial charge in [0.15, 0.2) is 5.96 Å². The first kappa shape index (κ1) is 10.8. The van der Waals surface area contributed by atoms with Gasteiger partial charge in [-0.05, 0) is 17.7 Å². The summed E-state index contributed by atoms with van der Waals surface area (Å²) in [4.78, 5) is 3.93. The third-order valence-electron chi connectivity index (χ3n) is 2.41. The molecular formula is C10H10F3N3. The zero-order valence-electron chi connectivity index (χ0n) is 8.25.